The van der Waals surface area contributed by atoms with E-state index in [4.69, 9.17) is 9.47 Å². The van der Waals surface area contributed by atoms with Crippen molar-refractivity contribution in [2.24, 2.45) is 0 Å². The molecule has 0 atom stereocenters. The minimum Gasteiger partial charge on any atom is -0.462 e. The van der Waals surface area contributed by atoms with Crippen molar-refractivity contribution >= 4 is 28.4 Å². The van der Waals surface area contributed by atoms with Gasteiger partial charge in [-0.2, -0.15) is 0 Å². The molecule has 6 heteroatoms. The van der Waals surface area contributed by atoms with E-state index in [2.05, 4.69) is 11.4 Å². The average molecular weight is 375 g/mol. The second-order valence-electron chi connectivity index (χ2n) is 7.02. The molecule has 0 radical (unpaired) electrons. The molecule has 0 saturated heterocycles. The van der Waals surface area contributed by atoms with E-state index in [-0.39, 0.29) is 6.61 Å². The van der Waals surface area contributed by atoms with Crippen LogP contribution in [0.5, 0.6) is 0 Å². The van der Waals surface area contributed by atoms with Crippen LogP contribution in [0.15, 0.2) is 23.6 Å². The fourth-order valence-corrected chi connectivity index (χ4v) is 3.50. The van der Waals surface area contributed by atoms with Crippen molar-refractivity contribution in [1.29, 1.82) is 0 Å². The highest BCUT2D eigenvalue weighted by Crippen LogP contribution is 2.38. The van der Waals surface area contributed by atoms with Gasteiger partial charge < -0.3 is 9.47 Å². The summed E-state index contributed by atoms with van der Waals surface area (Å²) < 4.78 is 10.5. The maximum atomic E-state index is 12.6. The van der Waals surface area contributed by atoms with Crippen LogP contribution in [0.4, 0.5) is 9.80 Å². The van der Waals surface area contributed by atoms with Gasteiger partial charge in [-0.3, -0.25) is 5.32 Å². The Bertz CT molecular complexity index is 818. The van der Waals surface area contributed by atoms with Crippen molar-refractivity contribution in [1.82, 2.24) is 0 Å². The number of aryl methyl sites for hydroxylation is 2. The molecule has 0 aliphatic rings. The Morgan fingerprint density at radius 1 is 1.15 bits per heavy atom. The van der Waals surface area contributed by atoms with Gasteiger partial charge in [0, 0.05) is 10.9 Å². The quantitative estimate of drug-likeness (QED) is 0.711. The highest BCUT2D eigenvalue weighted by molar-refractivity contribution is 7.15. The first-order valence-electron chi connectivity index (χ1n) is 8.48. The minimum atomic E-state index is -0.623. The minimum absolute atomic E-state index is 0.257. The van der Waals surface area contributed by atoms with E-state index in [1.54, 1.807) is 27.7 Å². The normalized spacial score (nSPS) is 11.2. The average Bonchev–Trinajstić information content (AvgIpc) is 2.88. The lowest BCUT2D eigenvalue weighted by atomic mass is 9.98. The smallest absolute Gasteiger partial charge is 0.412 e. The summed E-state index contributed by atoms with van der Waals surface area (Å²) in [6, 6.07) is 6.03. The Labute approximate surface area is 158 Å². The number of nitrogens with one attached hydrogen (secondary N) is 1. The third-order valence-corrected chi connectivity index (χ3v) is 4.45. The lowest BCUT2D eigenvalue weighted by molar-refractivity contribution is 0.0529. The van der Waals surface area contributed by atoms with E-state index in [1.165, 1.54) is 11.3 Å². The second kappa shape index (κ2) is 7.91. The van der Waals surface area contributed by atoms with Gasteiger partial charge in [0.15, 0.2) is 0 Å². The van der Waals surface area contributed by atoms with Crippen molar-refractivity contribution in [3.8, 4) is 11.1 Å². The van der Waals surface area contributed by atoms with Crippen LogP contribution in [0.2, 0.25) is 0 Å². The molecule has 1 heterocycles. The monoisotopic (exact) mass is 375 g/mol. The number of amides is 1. The van der Waals surface area contributed by atoms with Gasteiger partial charge in [0.25, 0.3) is 0 Å². The molecule has 0 spiro atoms. The number of hydrogen-bond donors (Lipinski definition) is 1. The molecule has 0 aliphatic heterocycles. The van der Waals surface area contributed by atoms with Crippen molar-refractivity contribution in [2.75, 3.05) is 11.9 Å². The van der Waals surface area contributed by atoms with Gasteiger partial charge in [-0.25, -0.2) is 9.59 Å². The van der Waals surface area contributed by atoms with Crippen LogP contribution in [0, 0.1) is 13.8 Å². The van der Waals surface area contributed by atoms with Gasteiger partial charge in [0.1, 0.15) is 16.2 Å². The number of thiophene rings is 1. The fourth-order valence-electron chi connectivity index (χ4n) is 2.57. The molecule has 1 aromatic carbocycles. The third kappa shape index (κ3) is 4.85. The number of rotatable bonds is 4. The topological polar surface area (TPSA) is 64.6 Å². The van der Waals surface area contributed by atoms with Crippen LogP contribution >= 0.6 is 11.3 Å². The lowest BCUT2D eigenvalue weighted by Crippen LogP contribution is -2.27. The molecule has 0 aliphatic carbocycles. The van der Waals surface area contributed by atoms with E-state index in [1.807, 2.05) is 31.4 Å². The van der Waals surface area contributed by atoms with E-state index < -0.39 is 17.7 Å². The molecule has 0 fully saturated rings. The summed E-state index contributed by atoms with van der Waals surface area (Å²) in [7, 11) is 0. The summed E-state index contributed by atoms with van der Waals surface area (Å²) in [5.41, 5.74) is 3.61. The number of anilines is 1. The van der Waals surface area contributed by atoms with Crippen molar-refractivity contribution in [2.45, 2.75) is 47.1 Å². The SMILES string of the molecule is CCOC(=O)c1c(-c2ccc(C)cc2C)csc1NC(=O)OC(C)(C)C. The number of carbonyl (C=O) groups is 2. The van der Waals surface area contributed by atoms with E-state index in [0.29, 0.717) is 10.6 Å². The molecular weight excluding hydrogens is 350 g/mol. The molecule has 1 N–H and O–H groups in total. The number of hydrogen-bond acceptors (Lipinski definition) is 5. The zero-order chi connectivity index (χ0) is 19.5. The molecule has 26 heavy (non-hydrogen) atoms. The highest BCUT2D eigenvalue weighted by atomic mass is 32.1. The predicted octanol–water partition coefficient (Wildman–Crippen LogP) is 5.56. The van der Waals surface area contributed by atoms with Gasteiger partial charge in [-0.05, 0) is 52.7 Å². The van der Waals surface area contributed by atoms with E-state index in [0.717, 1.165) is 22.3 Å². The summed E-state index contributed by atoms with van der Waals surface area (Å²) in [5.74, 6) is -0.463. The van der Waals surface area contributed by atoms with E-state index in [9.17, 15) is 9.59 Å². The zero-order valence-electron chi connectivity index (χ0n) is 16.1. The third-order valence-electron chi connectivity index (χ3n) is 3.56. The first-order valence-corrected chi connectivity index (χ1v) is 9.36. The Morgan fingerprint density at radius 3 is 2.42 bits per heavy atom. The van der Waals surface area contributed by atoms with Gasteiger partial charge in [0.2, 0.25) is 0 Å². The highest BCUT2D eigenvalue weighted by Gasteiger charge is 2.25. The second-order valence-corrected chi connectivity index (χ2v) is 7.90. The molecule has 1 amide bonds. The Morgan fingerprint density at radius 2 is 1.85 bits per heavy atom. The van der Waals surface area contributed by atoms with Crippen LogP contribution < -0.4 is 5.32 Å². The molecule has 0 saturated carbocycles. The predicted molar refractivity (Wildman–Crippen MR) is 105 cm³/mol. The van der Waals surface area contributed by atoms with Gasteiger partial charge >= 0.3 is 12.1 Å². The number of ether oxygens (including phenoxy) is 2. The van der Waals surface area contributed by atoms with Crippen LogP contribution in [-0.2, 0) is 9.47 Å². The maximum Gasteiger partial charge on any atom is 0.412 e. The fraction of sp³-hybridized carbons (Fsp3) is 0.400. The Balaban J connectivity index is 2.45. The Hall–Kier alpha value is -2.34. The molecule has 2 aromatic rings. The number of carbonyl (C=O) groups excluding carboxylic acids is 2. The number of benzene rings is 1. The van der Waals surface area contributed by atoms with Gasteiger partial charge in [-0.1, -0.05) is 23.8 Å². The van der Waals surface area contributed by atoms with Gasteiger partial charge in [-0.15, -0.1) is 11.3 Å². The van der Waals surface area contributed by atoms with E-state index >= 15 is 0 Å². The summed E-state index contributed by atoms with van der Waals surface area (Å²) >= 11 is 1.28. The maximum absolute atomic E-state index is 12.6. The molecule has 0 unspecified atom stereocenters. The lowest BCUT2D eigenvalue weighted by Gasteiger charge is -2.19. The first kappa shape index (κ1) is 20.0. The van der Waals surface area contributed by atoms with Crippen LogP contribution in [0.25, 0.3) is 11.1 Å². The summed E-state index contributed by atoms with van der Waals surface area (Å²) in [5, 5.41) is 4.97. The first-order chi connectivity index (χ1) is 12.1. The summed E-state index contributed by atoms with van der Waals surface area (Å²) in [6.07, 6.45) is -0.600. The van der Waals surface area contributed by atoms with Gasteiger partial charge in [0.05, 0.1) is 6.61 Å². The molecule has 140 valence electrons. The Kier molecular flexibility index (Phi) is 6.08. The van der Waals surface area contributed by atoms with Crippen LogP contribution in [0.1, 0.15) is 49.2 Å². The molecule has 5 nitrogen and oxygen atoms in total. The molecule has 2 rings (SSSR count). The van der Waals surface area contributed by atoms with Crippen LogP contribution in [-0.4, -0.2) is 24.3 Å². The largest absolute Gasteiger partial charge is 0.462 e. The molecular formula is C20H25NO4S. The van der Waals surface area contributed by atoms with Crippen molar-refractivity contribution in [3.05, 3.63) is 40.3 Å². The summed E-state index contributed by atoms with van der Waals surface area (Å²) in [4.78, 5) is 24.7. The van der Waals surface area contributed by atoms with Crippen LogP contribution in [0.3, 0.4) is 0 Å². The summed E-state index contributed by atoms with van der Waals surface area (Å²) in [6.45, 7) is 11.4. The van der Waals surface area contributed by atoms with Crippen molar-refractivity contribution < 1.29 is 19.1 Å². The standard InChI is InChI=1S/C20H25NO4S/c1-7-24-18(22)16-15(14-9-8-12(2)10-13(14)3)11-26-17(16)21-19(23)25-20(4,5)6/h8-11H,7H2,1-6H3,(H,21,23). The molecule has 0 bridgehead atoms. The molecule has 1 aromatic heterocycles. The zero-order valence-corrected chi connectivity index (χ0v) is 16.9. The number of esters is 1. The van der Waals surface area contributed by atoms with Crippen molar-refractivity contribution in [3.63, 3.8) is 0 Å².